The summed E-state index contributed by atoms with van der Waals surface area (Å²) >= 11 is 6.14. The minimum atomic E-state index is 0.658. The van der Waals surface area contributed by atoms with Gasteiger partial charge in [-0.3, -0.25) is 0 Å². The van der Waals surface area contributed by atoms with Crippen LogP contribution < -0.4 is 10.1 Å². The van der Waals surface area contributed by atoms with Gasteiger partial charge < -0.3 is 10.1 Å². The predicted molar refractivity (Wildman–Crippen MR) is 80.9 cm³/mol. The van der Waals surface area contributed by atoms with E-state index in [4.69, 9.17) is 16.3 Å². The highest BCUT2D eigenvalue weighted by molar-refractivity contribution is 6.32. The van der Waals surface area contributed by atoms with Gasteiger partial charge in [0.15, 0.2) is 0 Å². The van der Waals surface area contributed by atoms with Gasteiger partial charge in [0.1, 0.15) is 5.75 Å². The first-order valence-corrected chi connectivity index (χ1v) is 7.62. The molecule has 0 bridgehead atoms. The van der Waals surface area contributed by atoms with Crippen molar-refractivity contribution in [1.82, 2.24) is 5.32 Å². The van der Waals surface area contributed by atoms with E-state index in [-0.39, 0.29) is 0 Å². The molecule has 106 valence electrons. The molecule has 2 rings (SSSR count). The van der Waals surface area contributed by atoms with Gasteiger partial charge in [-0.25, -0.2) is 0 Å². The van der Waals surface area contributed by atoms with E-state index in [0.29, 0.717) is 11.1 Å². The highest BCUT2D eigenvalue weighted by atomic mass is 35.5. The fourth-order valence-electron chi connectivity index (χ4n) is 2.77. The third-order valence-electron chi connectivity index (χ3n) is 4.07. The second-order valence-electron chi connectivity index (χ2n) is 5.66. The second kappa shape index (κ2) is 7.16. The monoisotopic (exact) mass is 281 g/mol. The third kappa shape index (κ3) is 4.39. The van der Waals surface area contributed by atoms with Gasteiger partial charge in [0.2, 0.25) is 0 Å². The summed E-state index contributed by atoms with van der Waals surface area (Å²) in [6.07, 6.45) is 6.68. The molecule has 2 unspecified atom stereocenters. The molecular weight excluding hydrogens is 258 g/mol. The van der Waals surface area contributed by atoms with Crippen molar-refractivity contribution < 1.29 is 4.74 Å². The van der Waals surface area contributed by atoms with Crippen molar-refractivity contribution in [1.29, 1.82) is 0 Å². The maximum Gasteiger partial charge on any atom is 0.137 e. The molecule has 1 N–H and O–H groups in total. The highest BCUT2D eigenvalue weighted by Gasteiger charge is 2.15. The van der Waals surface area contributed by atoms with Crippen molar-refractivity contribution in [3.8, 4) is 5.75 Å². The molecule has 3 heteroatoms. The normalized spacial score (nSPS) is 23.9. The molecule has 2 nitrogen and oxygen atoms in total. The van der Waals surface area contributed by atoms with Crippen LogP contribution in [0.1, 0.15) is 44.6 Å². The number of halogens is 1. The van der Waals surface area contributed by atoms with E-state index in [2.05, 4.69) is 18.3 Å². The molecule has 0 radical (unpaired) electrons. The lowest BCUT2D eigenvalue weighted by atomic mass is 10.0. The van der Waals surface area contributed by atoms with Gasteiger partial charge in [-0.2, -0.15) is 0 Å². The molecule has 1 aromatic rings. The summed E-state index contributed by atoms with van der Waals surface area (Å²) in [6.45, 7) is 3.26. The minimum absolute atomic E-state index is 0.658. The summed E-state index contributed by atoms with van der Waals surface area (Å²) in [5, 5.41) is 4.35. The van der Waals surface area contributed by atoms with E-state index in [0.717, 1.165) is 18.2 Å². The van der Waals surface area contributed by atoms with E-state index >= 15 is 0 Å². The molecule has 1 saturated carbocycles. The van der Waals surface area contributed by atoms with E-state index in [1.807, 2.05) is 12.1 Å². The Morgan fingerprint density at radius 3 is 2.84 bits per heavy atom. The van der Waals surface area contributed by atoms with Crippen LogP contribution in [-0.4, -0.2) is 13.2 Å². The maximum absolute atomic E-state index is 6.14. The third-order valence-corrected chi connectivity index (χ3v) is 4.36. The Morgan fingerprint density at radius 2 is 2.11 bits per heavy atom. The predicted octanol–water partition coefficient (Wildman–Crippen LogP) is 4.41. The first-order chi connectivity index (χ1) is 9.19. The average molecular weight is 282 g/mol. The Labute approximate surface area is 121 Å². The van der Waals surface area contributed by atoms with Gasteiger partial charge >= 0.3 is 0 Å². The van der Waals surface area contributed by atoms with Crippen molar-refractivity contribution in [3.05, 3.63) is 28.8 Å². The highest BCUT2D eigenvalue weighted by Crippen LogP contribution is 2.26. The van der Waals surface area contributed by atoms with Gasteiger partial charge in [0.25, 0.3) is 0 Å². The van der Waals surface area contributed by atoms with Crippen LogP contribution in [0.5, 0.6) is 5.75 Å². The molecule has 0 aromatic heterocycles. The lowest BCUT2D eigenvalue weighted by Gasteiger charge is -2.16. The van der Waals surface area contributed by atoms with Crippen molar-refractivity contribution in [2.45, 2.75) is 51.6 Å². The molecule has 0 saturated heterocycles. The molecule has 2 atom stereocenters. The number of benzene rings is 1. The van der Waals surface area contributed by atoms with Gasteiger partial charge in [-0.1, -0.05) is 37.4 Å². The lowest BCUT2D eigenvalue weighted by Crippen LogP contribution is -2.27. The minimum Gasteiger partial charge on any atom is -0.495 e. The first kappa shape index (κ1) is 14.7. The van der Waals surface area contributed by atoms with Crippen LogP contribution in [0.3, 0.4) is 0 Å². The Hall–Kier alpha value is -0.730. The Balaban J connectivity index is 1.86. The number of nitrogens with one attached hydrogen (secondary N) is 1. The molecule has 1 fully saturated rings. The van der Waals surface area contributed by atoms with Crippen molar-refractivity contribution in [3.63, 3.8) is 0 Å². The van der Waals surface area contributed by atoms with Crippen molar-refractivity contribution >= 4 is 11.6 Å². The molecule has 19 heavy (non-hydrogen) atoms. The van der Waals surface area contributed by atoms with Crippen LogP contribution in [0.25, 0.3) is 0 Å². The zero-order chi connectivity index (χ0) is 13.7. The Morgan fingerprint density at radius 1 is 1.26 bits per heavy atom. The van der Waals surface area contributed by atoms with Gasteiger partial charge in [-0.05, 0) is 42.9 Å². The number of methoxy groups -OCH3 is 1. The van der Waals surface area contributed by atoms with E-state index in [1.54, 1.807) is 7.11 Å². The largest absolute Gasteiger partial charge is 0.495 e. The molecule has 0 spiro atoms. The molecule has 1 aliphatic rings. The fraction of sp³-hybridized carbons (Fsp3) is 0.625. The van der Waals surface area contributed by atoms with Crippen LogP contribution >= 0.6 is 11.6 Å². The summed E-state index contributed by atoms with van der Waals surface area (Å²) in [7, 11) is 1.64. The van der Waals surface area contributed by atoms with Crippen LogP contribution in [0.15, 0.2) is 18.2 Å². The quantitative estimate of drug-likeness (QED) is 0.826. The molecule has 1 aliphatic carbocycles. The molecule has 0 amide bonds. The summed E-state index contributed by atoms with van der Waals surface area (Å²) < 4.78 is 5.17. The summed E-state index contributed by atoms with van der Waals surface area (Å²) in [5.74, 6) is 1.64. The Kier molecular flexibility index (Phi) is 5.53. The zero-order valence-corrected chi connectivity index (χ0v) is 12.7. The average Bonchev–Trinajstić information content (AvgIpc) is 2.61. The van der Waals surface area contributed by atoms with Gasteiger partial charge in [0, 0.05) is 12.6 Å². The molecule has 0 heterocycles. The van der Waals surface area contributed by atoms with Crippen LogP contribution in [-0.2, 0) is 6.54 Å². The zero-order valence-electron chi connectivity index (χ0n) is 11.9. The van der Waals surface area contributed by atoms with Crippen molar-refractivity contribution in [2.75, 3.05) is 7.11 Å². The standard InChI is InChI=1S/C16H24ClNO/c1-12-4-3-5-14(8-6-12)18-11-13-7-9-16(19-2)15(17)10-13/h7,9-10,12,14,18H,3-6,8,11H2,1-2H3. The first-order valence-electron chi connectivity index (χ1n) is 7.25. The van der Waals surface area contributed by atoms with Crippen LogP contribution in [0.2, 0.25) is 5.02 Å². The van der Waals surface area contributed by atoms with E-state index < -0.39 is 0 Å². The SMILES string of the molecule is COc1ccc(CNC2CCCC(C)CC2)cc1Cl. The number of hydrogen-bond acceptors (Lipinski definition) is 2. The summed E-state index contributed by atoms with van der Waals surface area (Å²) in [4.78, 5) is 0. The fourth-order valence-corrected chi connectivity index (χ4v) is 3.05. The molecule has 0 aliphatic heterocycles. The summed E-state index contributed by atoms with van der Waals surface area (Å²) in [5.41, 5.74) is 1.23. The lowest BCUT2D eigenvalue weighted by molar-refractivity contribution is 0.414. The van der Waals surface area contributed by atoms with E-state index in [1.165, 1.54) is 37.7 Å². The smallest absolute Gasteiger partial charge is 0.137 e. The van der Waals surface area contributed by atoms with Crippen molar-refractivity contribution in [2.24, 2.45) is 5.92 Å². The molecule has 1 aromatic carbocycles. The summed E-state index contributed by atoms with van der Waals surface area (Å²) in [6, 6.07) is 6.67. The van der Waals surface area contributed by atoms with Crippen LogP contribution in [0, 0.1) is 5.92 Å². The van der Waals surface area contributed by atoms with Gasteiger partial charge in [-0.15, -0.1) is 0 Å². The van der Waals surface area contributed by atoms with E-state index in [9.17, 15) is 0 Å². The second-order valence-corrected chi connectivity index (χ2v) is 6.07. The molecular formula is C16H24ClNO. The van der Waals surface area contributed by atoms with Gasteiger partial charge in [0.05, 0.1) is 12.1 Å². The Bertz CT molecular complexity index is 408. The van der Waals surface area contributed by atoms with Crippen LogP contribution in [0.4, 0.5) is 0 Å². The number of ether oxygens (including phenoxy) is 1. The number of rotatable bonds is 4. The number of hydrogen-bond donors (Lipinski definition) is 1. The topological polar surface area (TPSA) is 21.3 Å². The maximum atomic E-state index is 6.14.